The zero-order valence-corrected chi connectivity index (χ0v) is 8.07. The summed E-state index contributed by atoms with van der Waals surface area (Å²) in [7, 11) is 0. The van der Waals surface area contributed by atoms with Crippen molar-refractivity contribution >= 4 is 0 Å². The van der Waals surface area contributed by atoms with Crippen LogP contribution in [0, 0.1) is 17.8 Å². The molecule has 0 saturated carbocycles. The molecule has 0 amide bonds. The topological polar surface area (TPSA) is 12.0 Å². The molecule has 0 aromatic rings. The van der Waals surface area contributed by atoms with Crippen LogP contribution in [0.3, 0.4) is 0 Å². The molecule has 0 aliphatic carbocycles. The van der Waals surface area contributed by atoms with Crippen molar-refractivity contribution in [2.75, 3.05) is 6.54 Å². The fraction of sp³-hybridized carbons (Fsp3) is 0.800. The minimum absolute atomic E-state index is 0.584. The highest BCUT2D eigenvalue weighted by Crippen LogP contribution is 2.05. The Kier molecular flexibility index (Phi) is 5.97. The number of rotatable bonds is 4. The SMILES string of the molecule is CC#CCC(C)C(C)NCC. The Morgan fingerprint density at radius 2 is 2.00 bits per heavy atom. The first-order chi connectivity index (χ1) is 5.22. The van der Waals surface area contributed by atoms with Crippen LogP contribution in [0.15, 0.2) is 0 Å². The molecule has 2 atom stereocenters. The Morgan fingerprint density at radius 1 is 1.36 bits per heavy atom. The van der Waals surface area contributed by atoms with Crippen molar-refractivity contribution in [3.05, 3.63) is 0 Å². The minimum atomic E-state index is 0.584. The van der Waals surface area contributed by atoms with Gasteiger partial charge in [0.25, 0.3) is 0 Å². The van der Waals surface area contributed by atoms with E-state index in [0.29, 0.717) is 12.0 Å². The van der Waals surface area contributed by atoms with E-state index in [4.69, 9.17) is 0 Å². The van der Waals surface area contributed by atoms with Crippen LogP contribution in [0.2, 0.25) is 0 Å². The van der Waals surface area contributed by atoms with Crippen LogP contribution in [0.4, 0.5) is 0 Å². The molecule has 1 N–H and O–H groups in total. The van der Waals surface area contributed by atoms with E-state index in [0.717, 1.165) is 13.0 Å². The maximum Gasteiger partial charge on any atom is 0.0129 e. The Labute approximate surface area is 70.6 Å². The first-order valence-electron chi connectivity index (χ1n) is 4.35. The van der Waals surface area contributed by atoms with Crippen LogP contribution in [-0.2, 0) is 0 Å². The number of nitrogens with one attached hydrogen (secondary N) is 1. The molecule has 11 heavy (non-hydrogen) atoms. The van der Waals surface area contributed by atoms with E-state index < -0.39 is 0 Å². The van der Waals surface area contributed by atoms with E-state index in [1.165, 1.54) is 0 Å². The summed E-state index contributed by atoms with van der Waals surface area (Å²) in [6.07, 6.45) is 1.00. The highest BCUT2D eigenvalue weighted by Gasteiger charge is 2.08. The van der Waals surface area contributed by atoms with Gasteiger partial charge in [-0.25, -0.2) is 0 Å². The lowest BCUT2D eigenvalue weighted by Gasteiger charge is -2.17. The molecular formula is C10H19N. The fourth-order valence-electron chi connectivity index (χ4n) is 0.963. The van der Waals surface area contributed by atoms with Gasteiger partial charge >= 0.3 is 0 Å². The summed E-state index contributed by atoms with van der Waals surface area (Å²) < 4.78 is 0. The van der Waals surface area contributed by atoms with Crippen LogP contribution < -0.4 is 5.32 Å². The summed E-state index contributed by atoms with van der Waals surface area (Å²) in [5.41, 5.74) is 0. The molecule has 0 bridgehead atoms. The lowest BCUT2D eigenvalue weighted by atomic mass is 10.0. The number of hydrogen-bond acceptors (Lipinski definition) is 1. The van der Waals surface area contributed by atoms with Gasteiger partial charge < -0.3 is 5.32 Å². The van der Waals surface area contributed by atoms with Crippen LogP contribution in [0.5, 0.6) is 0 Å². The highest BCUT2D eigenvalue weighted by atomic mass is 14.9. The Balaban J connectivity index is 3.59. The van der Waals surface area contributed by atoms with Gasteiger partial charge in [0.1, 0.15) is 0 Å². The Bertz CT molecular complexity index is 141. The molecule has 0 aliphatic heterocycles. The van der Waals surface area contributed by atoms with Crippen molar-refractivity contribution in [2.24, 2.45) is 5.92 Å². The molecule has 0 spiro atoms. The van der Waals surface area contributed by atoms with Gasteiger partial charge in [-0.1, -0.05) is 13.8 Å². The van der Waals surface area contributed by atoms with Gasteiger partial charge in [-0.05, 0) is 26.3 Å². The summed E-state index contributed by atoms with van der Waals surface area (Å²) in [5, 5.41) is 3.39. The Morgan fingerprint density at radius 3 is 2.45 bits per heavy atom. The van der Waals surface area contributed by atoms with E-state index in [2.05, 4.69) is 37.9 Å². The highest BCUT2D eigenvalue weighted by molar-refractivity contribution is 4.97. The van der Waals surface area contributed by atoms with Crippen molar-refractivity contribution in [1.82, 2.24) is 5.32 Å². The lowest BCUT2D eigenvalue weighted by Crippen LogP contribution is -2.31. The molecule has 0 saturated heterocycles. The average Bonchev–Trinajstić information content (AvgIpc) is 2.00. The molecule has 64 valence electrons. The maximum atomic E-state index is 3.39. The number of hydrogen-bond donors (Lipinski definition) is 1. The zero-order chi connectivity index (χ0) is 8.69. The van der Waals surface area contributed by atoms with Gasteiger partial charge in [0.2, 0.25) is 0 Å². The molecule has 0 aromatic carbocycles. The van der Waals surface area contributed by atoms with Gasteiger partial charge in [-0.3, -0.25) is 0 Å². The van der Waals surface area contributed by atoms with Crippen molar-refractivity contribution in [2.45, 2.75) is 40.2 Å². The van der Waals surface area contributed by atoms with E-state index >= 15 is 0 Å². The van der Waals surface area contributed by atoms with Gasteiger partial charge in [-0.15, -0.1) is 11.8 Å². The van der Waals surface area contributed by atoms with Crippen molar-refractivity contribution in [1.29, 1.82) is 0 Å². The summed E-state index contributed by atoms with van der Waals surface area (Å²) in [6.45, 7) is 9.52. The molecule has 1 heteroatoms. The van der Waals surface area contributed by atoms with Crippen LogP contribution in [0.1, 0.15) is 34.1 Å². The monoisotopic (exact) mass is 153 g/mol. The standard InChI is InChI=1S/C10H19N/c1-5-7-8-9(3)10(4)11-6-2/h9-11H,6,8H2,1-4H3. The molecule has 0 aliphatic rings. The van der Waals surface area contributed by atoms with Crippen LogP contribution >= 0.6 is 0 Å². The van der Waals surface area contributed by atoms with Crippen molar-refractivity contribution in [3.63, 3.8) is 0 Å². The van der Waals surface area contributed by atoms with Gasteiger partial charge in [-0.2, -0.15) is 0 Å². The summed E-state index contributed by atoms with van der Waals surface area (Å²) in [6, 6.07) is 0.584. The third-order valence-corrected chi connectivity index (χ3v) is 1.98. The van der Waals surface area contributed by atoms with Crippen molar-refractivity contribution < 1.29 is 0 Å². The smallest absolute Gasteiger partial charge is 0.0129 e. The zero-order valence-electron chi connectivity index (χ0n) is 8.07. The third-order valence-electron chi connectivity index (χ3n) is 1.98. The van der Waals surface area contributed by atoms with E-state index in [9.17, 15) is 0 Å². The molecule has 0 heterocycles. The van der Waals surface area contributed by atoms with Crippen LogP contribution in [-0.4, -0.2) is 12.6 Å². The van der Waals surface area contributed by atoms with E-state index in [-0.39, 0.29) is 0 Å². The van der Waals surface area contributed by atoms with E-state index in [1.807, 2.05) is 6.92 Å². The largest absolute Gasteiger partial charge is 0.314 e. The van der Waals surface area contributed by atoms with E-state index in [1.54, 1.807) is 0 Å². The van der Waals surface area contributed by atoms with Crippen LogP contribution in [0.25, 0.3) is 0 Å². The lowest BCUT2D eigenvalue weighted by molar-refractivity contribution is 0.415. The summed E-state index contributed by atoms with van der Waals surface area (Å²) in [5.74, 6) is 6.67. The summed E-state index contributed by atoms with van der Waals surface area (Å²) >= 11 is 0. The fourth-order valence-corrected chi connectivity index (χ4v) is 0.963. The minimum Gasteiger partial charge on any atom is -0.314 e. The Hall–Kier alpha value is -0.480. The second-order valence-electron chi connectivity index (χ2n) is 2.95. The van der Waals surface area contributed by atoms with Crippen molar-refractivity contribution in [3.8, 4) is 11.8 Å². The average molecular weight is 153 g/mol. The molecule has 2 unspecified atom stereocenters. The predicted octanol–water partition coefficient (Wildman–Crippen LogP) is 2.03. The normalized spacial score (nSPS) is 14.9. The second-order valence-corrected chi connectivity index (χ2v) is 2.95. The first kappa shape index (κ1) is 10.5. The quantitative estimate of drug-likeness (QED) is 0.609. The van der Waals surface area contributed by atoms with Gasteiger partial charge in [0, 0.05) is 12.5 Å². The first-order valence-corrected chi connectivity index (χ1v) is 4.35. The molecule has 0 radical (unpaired) electrons. The molecule has 0 fully saturated rings. The molecular weight excluding hydrogens is 134 g/mol. The predicted molar refractivity (Wildman–Crippen MR) is 50.4 cm³/mol. The molecule has 0 aromatic heterocycles. The summed E-state index contributed by atoms with van der Waals surface area (Å²) in [4.78, 5) is 0. The third kappa shape index (κ3) is 4.86. The maximum absolute atomic E-state index is 3.39. The van der Waals surface area contributed by atoms with Gasteiger partial charge in [0.15, 0.2) is 0 Å². The molecule has 1 nitrogen and oxygen atoms in total. The second kappa shape index (κ2) is 6.24. The van der Waals surface area contributed by atoms with Gasteiger partial charge in [0.05, 0.1) is 0 Å². The molecule has 0 rings (SSSR count).